The van der Waals surface area contributed by atoms with Crippen molar-refractivity contribution in [3.8, 4) is 0 Å². The van der Waals surface area contributed by atoms with Crippen molar-refractivity contribution in [2.75, 3.05) is 7.11 Å². The van der Waals surface area contributed by atoms with Gasteiger partial charge in [-0.25, -0.2) is 0 Å². The molecule has 0 N–H and O–H groups in total. The number of aryl methyl sites for hydroxylation is 1. The summed E-state index contributed by atoms with van der Waals surface area (Å²) in [5.41, 5.74) is 1.22. The first-order valence-electron chi connectivity index (χ1n) is 4.26. The van der Waals surface area contributed by atoms with Crippen molar-refractivity contribution in [2.45, 2.75) is 6.92 Å². The van der Waals surface area contributed by atoms with E-state index in [1.807, 2.05) is 24.5 Å². The summed E-state index contributed by atoms with van der Waals surface area (Å²) in [6.45, 7) is 2.08. The lowest BCUT2D eigenvalue weighted by molar-refractivity contribution is -0.884. The number of hydrogen-bond donors (Lipinski definition) is 0. The van der Waals surface area contributed by atoms with Crippen LogP contribution in [-0.2, 0) is 0 Å². The third-order valence-corrected chi connectivity index (χ3v) is 2.18. The molecule has 0 spiro atoms. The van der Waals surface area contributed by atoms with E-state index >= 15 is 0 Å². The van der Waals surface area contributed by atoms with Crippen LogP contribution in [0.5, 0.6) is 0 Å². The molecular weight excluding hydrogens is 162 g/mol. The van der Waals surface area contributed by atoms with Crippen LogP contribution in [0.4, 0.5) is 0 Å². The number of pyridine rings is 1. The standard InChI is InChI=1S/C11H12NO/c1-9-7-12(13-2)8-10-5-3-4-6-11(9)10/h3-8H,1-2H3/q+1. The van der Waals surface area contributed by atoms with Gasteiger partial charge in [-0.2, -0.15) is 0 Å². The van der Waals surface area contributed by atoms with Gasteiger partial charge in [0, 0.05) is 10.3 Å². The van der Waals surface area contributed by atoms with E-state index in [2.05, 4.69) is 19.1 Å². The fourth-order valence-electron chi connectivity index (χ4n) is 1.51. The van der Waals surface area contributed by atoms with E-state index in [1.165, 1.54) is 16.3 Å². The molecule has 0 aliphatic rings. The van der Waals surface area contributed by atoms with Crippen LogP contribution in [0.15, 0.2) is 36.7 Å². The highest BCUT2D eigenvalue weighted by molar-refractivity contribution is 5.83. The zero-order valence-electron chi connectivity index (χ0n) is 7.82. The van der Waals surface area contributed by atoms with Crippen LogP contribution in [-0.4, -0.2) is 7.11 Å². The fraction of sp³-hybridized carbons (Fsp3) is 0.182. The Morgan fingerprint density at radius 2 is 1.92 bits per heavy atom. The molecule has 0 saturated carbocycles. The molecule has 2 rings (SSSR count). The molecule has 0 radical (unpaired) electrons. The predicted molar refractivity (Wildman–Crippen MR) is 51.4 cm³/mol. The number of fused-ring (bicyclic) bond motifs is 1. The summed E-state index contributed by atoms with van der Waals surface area (Å²) in [6.07, 6.45) is 3.95. The Bertz CT molecular complexity index is 437. The van der Waals surface area contributed by atoms with E-state index in [1.54, 1.807) is 11.8 Å². The largest absolute Gasteiger partial charge is 0.275 e. The smallest absolute Gasteiger partial charge is 0.230 e. The SMILES string of the molecule is CO[n+]1cc(C)c2ccccc2c1. The Morgan fingerprint density at radius 1 is 1.15 bits per heavy atom. The van der Waals surface area contributed by atoms with Crippen LogP contribution in [0.25, 0.3) is 10.8 Å². The molecule has 2 aromatic rings. The molecule has 0 fully saturated rings. The summed E-state index contributed by atoms with van der Waals surface area (Å²) in [4.78, 5) is 5.12. The quantitative estimate of drug-likeness (QED) is 0.597. The highest BCUT2D eigenvalue weighted by Crippen LogP contribution is 2.14. The highest BCUT2D eigenvalue weighted by Gasteiger charge is 2.05. The second kappa shape index (κ2) is 3.05. The Hall–Kier alpha value is -1.57. The third kappa shape index (κ3) is 1.35. The van der Waals surface area contributed by atoms with Crippen molar-refractivity contribution in [3.63, 3.8) is 0 Å². The maximum Gasteiger partial charge on any atom is 0.230 e. The average molecular weight is 174 g/mol. The van der Waals surface area contributed by atoms with Gasteiger partial charge in [0.05, 0.1) is 5.39 Å². The molecule has 2 nitrogen and oxygen atoms in total. The molecule has 1 aromatic carbocycles. The first kappa shape index (κ1) is 8.05. The molecule has 0 amide bonds. The van der Waals surface area contributed by atoms with Gasteiger partial charge in [0.2, 0.25) is 12.4 Å². The second-order valence-corrected chi connectivity index (χ2v) is 3.07. The van der Waals surface area contributed by atoms with Crippen LogP contribution >= 0.6 is 0 Å². The molecule has 13 heavy (non-hydrogen) atoms. The van der Waals surface area contributed by atoms with Gasteiger partial charge in [-0.3, -0.25) is 4.84 Å². The van der Waals surface area contributed by atoms with E-state index in [-0.39, 0.29) is 0 Å². The zero-order valence-corrected chi connectivity index (χ0v) is 7.82. The van der Waals surface area contributed by atoms with Crippen LogP contribution in [0, 0.1) is 6.92 Å². The van der Waals surface area contributed by atoms with Gasteiger partial charge in [0.15, 0.2) is 0 Å². The van der Waals surface area contributed by atoms with E-state index in [0.717, 1.165) is 0 Å². The Morgan fingerprint density at radius 3 is 2.69 bits per heavy atom. The van der Waals surface area contributed by atoms with E-state index in [4.69, 9.17) is 4.84 Å². The maximum absolute atomic E-state index is 5.12. The van der Waals surface area contributed by atoms with Gasteiger partial charge >= 0.3 is 0 Å². The second-order valence-electron chi connectivity index (χ2n) is 3.07. The minimum Gasteiger partial charge on any atom is -0.275 e. The lowest BCUT2D eigenvalue weighted by Crippen LogP contribution is -2.39. The van der Waals surface area contributed by atoms with Crippen molar-refractivity contribution in [2.24, 2.45) is 0 Å². The van der Waals surface area contributed by atoms with Crippen LogP contribution < -0.4 is 9.57 Å². The molecule has 0 bridgehead atoms. The molecule has 0 unspecified atom stereocenters. The Balaban J connectivity index is 2.77. The van der Waals surface area contributed by atoms with Crippen molar-refractivity contribution in [1.82, 2.24) is 0 Å². The van der Waals surface area contributed by atoms with Crippen LogP contribution in [0.2, 0.25) is 0 Å². The fourth-order valence-corrected chi connectivity index (χ4v) is 1.51. The molecule has 2 heteroatoms. The lowest BCUT2D eigenvalue weighted by atomic mass is 10.1. The zero-order chi connectivity index (χ0) is 9.26. The minimum absolute atomic E-state index is 1.20. The average Bonchev–Trinajstić information content (AvgIpc) is 2.18. The van der Waals surface area contributed by atoms with Crippen molar-refractivity contribution >= 4 is 10.8 Å². The van der Waals surface area contributed by atoms with E-state index < -0.39 is 0 Å². The van der Waals surface area contributed by atoms with Gasteiger partial charge in [0.1, 0.15) is 7.11 Å². The number of rotatable bonds is 1. The van der Waals surface area contributed by atoms with Gasteiger partial charge in [-0.05, 0) is 18.4 Å². The topological polar surface area (TPSA) is 13.1 Å². The maximum atomic E-state index is 5.12. The molecule has 1 heterocycles. The van der Waals surface area contributed by atoms with E-state index in [9.17, 15) is 0 Å². The van der Waals surface area contributed by atoms with Gasteiger partial charge in [-0.1, -0.05) is 18.2 Å². The number of benzene rings is 1. The van der Waals surface area contributed by atoms with Crippen molar-refractivity contribution in [1.29, 1.82) is 0 Å². The van der Waals surface area contributed by atoms with Gasteiger partial charge in [-0.15, -0.1) is 0 Å². The minimum atomic E-state index is 1.20. The monoisotopic (exact) mass is 174 g/mol. The van der Waals surface area contributed by atoms with Crippen molar-refractivity contribution in [3.05, 3.63) is 42.2 Å². The molecule has 0 aliphatic heterocycles. The Kier molecular flexibility index (Phi) is 1.89. The summed E-state index contributed by atoms with van der Waals surface area (Å²) in [7, 11) is 1.66. The molecule has 66 valence electrons. The highest BCUT2D eigenvalue weighted by atomic mass is 16.6. The summed E-state index contributed by atoms with van der Waals surface area (Å²) < 4.78 is 1.72. The van der Waals surface area contributed by atoms with Crippen LogP contribution in [0.3, 0.4) is 0 Å². The molecular formula is C11H12NO+. The Labute approximate surface area is 77.3 Å². The molecule has 0 saturated heterocycles. The summed E-state index contributed by atoms with van der Waals surface area (Å²) in [5.74, 6) is 0. The predicted octanol–water partition coefficient (Wildman–Crippen LogP) is 1.49. The van der Waals surface area contributed by atoms with Gasteiger partial charge < -0.3 is 0 Å². The summed E-state index contributed by atoms with van der Waals surface area (Å²) in [5, 5.41) is 2.47. The summed E-state index contributed by atoms with van der Waals surface area (Å²) >= 11 is 0. The molecule has 0 aliphatic carbocycles. The number of hydrogen-bond acceptors (Lipinski definition) is 1. The van der Waals surface area contributed by atoms with Crippen LogP contribution in [0.1, 0.15) is 5.56 Å². The van der Waals surface area contributed by atoms with Crippen molar-refractivity contribution < 1.29 is 9.57 Å². The van der Waals surface area contributed by atoms with Gasteiger partial charge in [0.25, 0.3) is 0 Å². The normalized spacial score (nSPS) is 10.3. The van der Waals surface area contributed by atoms with E-state index in [0.29, 0.717) is 0 Å². The number of nitrogens with zero attached hydrogens (tertiary/aromatic N) is 1. The first-order valence-corrected chi connectivity index (χ1v) is 4.26. The summed E-state index contributed by atoms with van der Waals surface area (Å²) in [6, 6.07) is 8.27. The molecule has 0 atom stereocenters. The third-order valence-electron chi connectivity index (χ3n) is 2.18. The molecule has 1 aromatic heterocycles. The first-order chi connectivity index (χ1) is 6.31. The number of aromatic nitrogens is 1. The lowest BCUT2D eigenvalue weighted by Gasteiger charge is -1.98.